The van der Waals surface area contributed by atoms with E-state index in [4.69, 9.17) is 9.47 Å². The number of pyridine rings is 1. The zero-order valence-electron chi connectivity index (χ0n) is 15.3. The number of nitro groups is 1. The summed E-state index contributed by atoms with van der Waals surface area (Å²) in [4.78, 5) is 51.8. The second-order valence-electron chi connectivity index (χ2n) is 5.83. The molecule has 0 atom stereocenters. The van der Waals surface area contributed by atoms with Gasteiger partial charge in [0, 0.05) is 6.07 Å². The Labute approximate surface area is 164 Å². The van der Waals surface area contributed by atoms with Crippen molar-refractivity contribution >= 4 is 35.1 Å². The van der Waals surface area contributed by atoms with E-state index in [0.29, 0.717) is 0 Å². The Hall–Kier alpha value is -4.02. The molecule has 29 heavy (non-hydrogen) atoms. The van der Waals surface area contributed by atoms with Crippen molar-refractivity contribution in [2.45, 2.75) is 6.92 Å². The van der Waals surface area contributed by atoms with Crippen molar-refractivity contribution in [1.82, 2.24) is 4.98 Å². The number of ether oxygens (including phenoxy) is 2. The van der Waals surface area contributed by atoms with Gasteiger partial charge in [-0.25, -0.2) is 4.79 Å². The van der Waals surface area contributed by atoms with Crippen LogP contribution in [0.25, 0.3) is 0 Å². The molecule has 3 rings (SSSR count). The maximum Gasteiger partial charge on any atom is 0.366 e. The third-order valence-electron chi connectivity index (χ3n) is 3.92. The number of fused-ring (bicyclic) bond motifs is 1. The number of rotatable bonds is 6. The molecule has 2 aromatic rings. The fourth-order valence-corrected chi connectivity index (χ4v) is 2.64. The number of para-hydroxylation sites is 1. The minimum Gasteiger partial charge on any atom is -0.477 e. The third kappa shape index (κ3) is 4.29. The average Bonchev–Trinajstić information content (AvgIpc) is 2.70. The molecule has 0 aliphatic carbocycles. The van der Waals surface area contributed by atoms with E-state index < -0.39 is 35.1 Å². The molecule has 1 aromatic carbocycles. The molecule has 1 N–H and O–H groups in total. The van der Waals surface area contributed by atoms with Gasteiger partial charge in [-0.3, -0.25) is 14.5 Å². The van der Waals surface area contributed by atoms with Gasteiger partial charge >= 0.3 is 11.8 Å². The van der Waals surface area contributed by atoms with Crippen molar-refractivity contribution in [3.05, 3.63) is 52.1 Å². The second-order valence-corrected chi connectivity index (χ2v) is 5.83. The standard InChI is InChI=1S/C18H16N4O7/c1-2-28-18(25)11-5-3-4-6-12(11)19-15(23)9-21-16(24)10-29-13-7-8-14(22(26)27)20-17(13)21/h3-8H,2,9-10H2,1H3,(H,19,23). The highest BCUT2D eigenvalue weighted by molar-refractivity contribution is 6.06. The summed E-state index contributed by atoms with van der Waals surface area (Å²) in [6.45, 7) is 1.02. The van der Waals surface area contributed by atoms with Crippen molar-refractivity contribution in [2.24, 2.45) is 0 Å². The molecule has 0 saturated carbocycles. The molecule has 0 fully saturated rings. The number of carbonyl (C=O) groups excluding carboxylic acids is 3. The molecule has 150 valence electrons. The molecule has 1 aromatic heterocycles. The number of nitrogens with zero attached hydrogens (tertiary/aromatic N) is 3. The minimum atomic E-state index is -0.715. The van der Waals surface area contributed by atoms with Crippen LogP contribution >= 0.6 is 0 Å². The normalized spacial score (nSPS) is 12.6. The van der Waals surface area contributed by atoms with Gasteiger partial charge in [0.2, 0.25) is 5.91 Å². The van der Waals surface area contributed by atoms with Crippen molar-refractivity contribution in [2.75, 3.05) is 30.0 Å². The van der Waals surface area contributed by atoms with Crippen LogP contribution in [-0.4, -0.2) is 47.4 Å². The molecule has 1 aliphatic heterocycles. The predicted molar refractivity (Wildman–Crippen MR) is 99.8 cm³/mol. The molecule has 11 heteroatoms. The molecule has 2 amide bonds. The van der Waals surface area contributed by atoms with Gasteiger partial charge in [-0.05, 0) is 35.0 Å². The average molecular weight is 400 g/mol. The predicted octanol–water partition coefficient (Wildman–Crippen LogP) is 1.53. The number of esters is 1. The summed E-state index contributed by atoms with van der Waals surface area (Å²) < 4.78 is 10.2. The van der Waals surface area contributed by atoms with Crippen LogP contribution in [0.2, 0.25) is 0 Å². The largest absolute Gasteiger partial charge is 0.477 e. The zero-order valence-corrected chi connectivity index (χ0v) is 15.3. The molecule has 0 radical (unpaired) electrons. The number of carbonyl (C=O) groups is 3. The van der Waals surface area contributed by atoms with E-state index >= 15 is 0 Å². The number of hydrogen-bond acceptors (Lipinski definition) is 8. The van der Waals surface area contributed by atoms with E-state index in [1.165, 1.54) is 18.2 Å². The number of aromatic nitrogens is 1. The van der Waals surface area contributed by atoms with Crippen LogP contribution in [0.5, 0.6) is 5.75 Å². The monoisotopic (exact) mass is 400 g/mol. The summed E-state index contributed by atoms with van der Waals surface area (Å²) in [6.07, 6.45) is 0. The summed E-state index contributed by atoms with van der Waals surface area (Å²) in [5.41, 5.74) is 0.369. The molecular weight excluding hydrogens is 384 g/mol. The minimum absolute atomic E-state index is 0.121. The van der Waals surface area contributed by atoms with E-state index in [0.717, 1.165) is 11.0 Å². The molecule has 2 heterocycles. The maximum absolute atomic E-state index is 12.5. The van der Waals surface area contributed by atoms with E-state index in [-0.39, 0.29) is 36.0 Å². The second kappa shape index (κ2) is 8.33. The summed E-state index contributed by atoms with van der Waals surface area (Å²) in [6, 6.07) is 8.71. The first-order valence-corrected chi connectivity index (χ1v) is 8.55. The third-order valence-corrected chi connectivity index (χ3v) is 3.92. The van der Waals surface area contributed by atoms with Crippen LogP contribution in [-0.2, 0) is 14.3 Å². The molecule has 0 bridgehead atoms. The quantitative estimate of drug-likeness (QED) is 0.437. The van der Waals surface area contributed by atoms with E-state index in [2.05, 4.69) is 10.3 Å². The Kier molecular flexibility index (Phi) is 5.67. The molecule has 0 unspecified atom stereocenters. The molecule has 0 spiro atoms. The van der Waals surface area contributed by atoms with Gasteiger partial charge in [0.05, 0.1) is 17.9 Å². The first kappa shape index (κ1) is 19.7. The smallest absolute Gasteiger partial charge is 0.366 e. The number of hydrogen-bond donors (Lipinski definition) is 1. The van der Waals surface area contributed by atoms with Crippen LogP contribution in [0.3, 0.4) is 0 Å². The van der Waals surface area contributed by atoms with Gasteiger partial charge in [-0.1, -0.05) is 12.1 Å². The lowest BCUT2D eigenvalue weighted by molar-refractivity contribution is -0.389. The Balaban J connectivity index is 1.82. The Morgan fingerprint density at radius 1 is 1.31 bits per heavy atom. The Morgan fingerprint density at radius 2 is 2.07 bits per heavy atom. The van der Waals surface area contributed by atoms with Crippen molar-refractivity contribution in [1.29, 1.82) is 0 Å². The van der Waals surface area contributed by atoms with Crippen molar-refractivity contribution in [3.8, 4) is 5.75 Å². The van der Waals surface area contributed by atoms with Crippen molar-refractivity contribution in [3.63, 3.8) is 0 Å². The van der Waals surface area contributed by atoms with Gasteiger partial charge in [0.15, 0.2) is 12.4 Å². The van der Waals surface area contributed by atoms with E-state index in [9.17, 15) is 24.5 Å². The maximum atomic E-state index is 12.5. The van der Waals surface area contributed by atoms with Crippen LogP contribution < -0.4 is 15.0 Å². The topological polar surface area (TPSA) is 141 Å². The summed E-state index contributed by atoms with van der Waals surface area (Å²) in [5.74, 6) is -2.27. The van der Waals surface area contributed by atoms with E-state index in [1.54, 1.807) is 19.1 Å². The first-order valence-electron chi connectivity index (χ1n) is 8.55. The summed E-state index contributed by atoms with van der Waals surface area (Å²) in [7, 11) is 0. The van der Waals surface area contributed by atoms with Crippen LogP contribution in [0, 0.1) is 10.1 Å². The van der Waals surface area contributed by atoms with Gasteiger partial charge in [-0.15, -0.1) is 0 Å². The zero-order chi connectivity index (χ0) is 21.0. The molecule has 1 aliphatic rings. The highest BCUT2D eigenvalue weighted by atomic mass is 16.6. The van der Waals surface area contributed by atoms with Crippen LogP contribution in [0.4, 0.5) is 17.3 Å². The SMILES string of the molecule is CCOC(=O)c1ccccc1NC(=O)CN1C(=O)COc2ccc([N+](=O)[O-])nc21. The highest BCUT2D eigenvalue weighted by Gasteiger charge is 2.33. The van der Waals surface area contributed by atoms with Crippen molar-refractivity contribution < 1.29 is 28.8 Å². The fourth-order valence-electron chi connectivity index (χ4n) is 2.64. The van der Waals surface area contributed by atoms with Crippen LogP contribution in [0.1, 0.15) is 17.3 Å². The summed E-state index contributed by atoms with van der Waals surface area (Å²) >= 11 is 0. The summed E-state index contributed by atoms with van der Waals surface area (Å²) in [5, 5.41) is 13.5. The van der Waals surface area contributed by atoms with Crippen LogP contribution in [0.15, 0.2) is 36.4 Å². The number of benzene rings is 1. The Morgan fingerprint density at radius 3 is 2.79 bits per heavy atom. The van der Waals surface area contributed by atoms with Gasteiger partial charge < -0.3 is 24.9 Å². The lowest BCUT2D eigenvalue weighted by Crippen LogP contribution is -2.44. The van der Waals surface area contributed by atoms with E-state index in [1.807, 2.05) is 0 Å². The molecular formula is C18H16N4O7. The van der Waals surface area contributed by atoms with Gasteiger partial charge in [0.1, 0.15) is 6.54 Å². The number of nitrogens with one attached hydrogen (secondary N) is 1. The molecule has 0 saturated heterocycles. The number of amides is 2. The number of anilines is 2. The Bertz CT molecular complexity index is 992. The lowest BCUT2D eigenvalue weighted by atomic mass is 10.2. The van der Waals surface area contributed by atoms with Gasteiger partial charge in [0.25, 0.3) is 11.7 Å². The molecule has 11 nitrogen and oxygen atoms in total. The highest BCUT2D eigenvalue weighted by Crippen LogP contribution is 2.31. The fraction of sp³-hybridized carbons (Fsp3) is 0.222. The lowest BCUT2D eigenvalue weighted by Gasteiger charge is -2.24. The first-order chi connectivity index (χ1) is 13.9. The van der Waals surface area contributed by atoms with Gasteiger partial charge in [-0.2, -0.15) is 0 Å².